The van der Waals surface area contributed by atoms with E-state index in [-0.39, 0.29) is 23.4 Å². The zero-order chi connectivity index (χ0) is 32.5. The van der Waals surface area contributed by atoms with Gasteiger partial charge in [0.15, 0.2) is 11.5 Å². The first-order chi connectivity index (χ1) is 21.7. The minimum absolute atomic E-state index is 0.119. The van der Waals surface area contributed by atoms with Gasteiger partial charge in [-0.3, -0.25) is 9.59 Å². The van der Waals surface area contributed by atoms with Crippen molar-refractivity contribution in [1.29, 1.82) is 0 Å². The van der Waals surface area contributed by atoms with Crippen LogP contribution >= 0.6 is 0 Å². The van der Waals surface area contributed by atoms with Crippen molar-refractivity contribution in [2.45, 2.75) is 79.2 Å². The van der Waals surface area contributed by atoms with Gasteiger partial charge in [-0.05, 0) is 74.5 Å². The van der Waals surface area contributed by atoms with Gasteiger partial charge in [-0.1, -0.05) is 63.9 Å². The van der Waals surface area contributed by atoms with Gasteiger partial charge < -0.3 is 29.1 Å². The summed E-state index contributed by atoms with van der Waals surface area (Å²) in [5.41, 5.74) is 5.75. The molecular weight excluding hydrogens is 568 g/mol. The fourth-order valence-corrected chi connectivity index (χ4v) is 5.54. The third-order valence-corrected chi connectivity index (χ3v) is 8.05. The number of hydrogen-bond acceptors (Lipinski definition) is 7. The van der Waals surface area contributed by atoms with Crippen LogP contribution in [0.5, 0.6) is 11.5 Å². The molecular formula is C36H50N4O5. The highest BCUT2D eigenvalue weighted by Crippen LogP contribution is 2.44. The number of nitrogens with one attached hydrogen (secondary N) is 1. The van der Waals surface area contributed by atoms with Gasteiger partial charge >= 0.3 is 0 Å². The highest BCUT2D eigenvalue weighted by atomic mass is 16.5. The summed E-state index contributed by atoms with van der Waals surface area (Å²) in [6.07, 6.45) is 4.65. The van der Waals surface area contributed by atoms with E-state index in [4.69, 9.17) is 14.0 Å². The Kier molecular flexibility index (Phi) is 12.0. The fourth-order valence-electron chi connectivity index (χ4n) is 5.54. The lowest BCUT2D eigenvalue weighted by Crippen LogP contribution is -2.40. The second-order valence-corrected chi connectivity index (χ2v) is 12.3. The lowest BCUT2D eigenvalue weighted by Gasteiger charge is -2.30. The van der Waals surface area contributed by atoms with E-state index in [1.165, 1.54) is 0 Å². The minimum Gasteiger partial charge on any atom is -0.493 e. The first kappa shape index (κ1) is 34.0. The number of unbranched alkanes of at least 4 members (excludes halogenated alkanes) is 2. The molecule has 0 saturated heterocycles. The van der Waals surface area contributed by atoms with Gasteiger partial charge in [-0.2, -0.15) is 0 Å². The van der Waals surface area contributed by atoms with Crippen molar-refractivity contribution < 1.29 is 23.6 Å². The van der Waals surface area contributed by atoms with E-state index in [2.05, 4.69) is 56.4 Å². The molecule has 4 rings (SSSR count). The maximum absolute atomic E-state index is 13.3. The van der Waals surface area contributed by atoms with Crippen molar-refractivity contribution in [1.82, 2.24) is 20.3 Å². The average molecular weight is 619 g/mol. The van der Waals surface area contributed by atoms with Crippen LogP contribution in [0.1, 0.15) is 93.4 Å². The van der Waals surface area contributed by atoms with Gasteiger partial charge in [-0.15, -0.1) is 0 Å². The molecule has 0 bridgehead atoms. The predicted octanol–water partition coefficient (Wildman–Crippen LogP) is 6.69. The molecule has 2 amide bonds. The number of carbonyl (C=O) groups excluding carboxylic acids is 2. The number of fused-ring (bicyclic) bond motifs is 1. The number of carbonyl (C=O) groups is 2. The van der Waals surface area contributed by atoms with Crippen molar-refractivity contribution in [3.8, 4) is 33.9 Å². The molecule has 2 heterocycles. The van der Waals surface area contributed by atoms with E-state index < -0.39 is 0 Å². The van der Waals surface area contributed by atoms with E-state index in [9.17, 15) is 9.59 Å². The number of hydrogen-bond donors (Lipinski definition) is 1. The van der Waals surface area contributed by atoms with E-state index in [0.717, 1.165) is 65.7 Å². The van der Waals surface area contributed by atoms with E-state index >= 15 is 0 Å². The lowest BCUT2D eigenvalue weighted by atomic mass is 9.91. The fraction of sp³-hybridized carbons (Fsp3) is 0.528. The Hall–Kier alpha value is -3.85. The summed E-state index contributed by atoms with van der Waals surface area (Å²) in [5.74, 6) is 1.95. The van der Waals surface area contributed by atoms with Crippen LogP contribution in [0.15, 0.2) is 34.9 Å². The molecule has 1 aliphatic heterocycles. The maximum Gasteiger partial charge on any atom is 0.274 e. The zero-order valence-electron chi connectivity index (χ0n) is 28.1. The molecule has 45 heavy (non-hydrogen) atoms. The van der Waals surface area contributed by atoms with E-state index in [1.807, 2.05) is 43.0 Å². The van der Waals surface area contributed by atoms with Crippen LogP contribution in [-0.4, -0.2) is 73.7 Å². The highest BCUT2D eigenvalue weighted by Gasteiger charge is 2.29. The van der Waals surface area contributed by atoms with Crippen LogP contribution in [0, 0.1) is 0 Å². The lowest BCUT2D eigenvalue weighted by molar-refractivity contribution is -0.132. The molecule has 1 aromatic heterocycles. The molecule has 0 aliphatic carbocycles. The van der Waals surface area contributed by atoms with Crippen LogP contribution < -0.4 is 14.8 Å². The molecule has 244 valence electrons. The van der Waals surface area contributed by atoms with Crippen LogP contribution in [0.25, 0.3) is 22.5 Å². The van der Waals surface area contributed by atoms with Gasteiger partial charge in [0.05, 0.1) is 30.9 Å². The highest BCUT2D eigenvalue weighted by molar-refractivity contribution is 6.02. The molecule has 9 nitrogen and oxygen atoms in total. The monoisotopic (exact) mass is 618 g/mol. The minimum atomic E-state index is -0.294. The van der Waals surface area contributed by atoms with Gasteiger partial charge in [0, 0.05) is 25.7 Å². The zero-order valence-corrected chi connectivity index (χ0v) is 28.1. The normalized spacial score (nSPS) is 12.9. The summed E-state index contributed by atoms with van der Waals surface area (Å²) in [4.78, 5) is 29.9. The quantitative estimate of drug-likeness (QED) is 0.190. The van der Waals surface area contributed by atoms with E-state index in [0.29, 0.717) is 56.5 Å². The molecule has 0 spiro atoms. The van der Waals surface area contributed by atoms with Gasteiger partial charge in [0.25, 0.3) is 5.91 Å². The summed E-state index contributed by atoms with van der Waals surface area (Å²) in [7, 11) is 3.81. The molecule has 1 aliphatic rings. The number of ether oxygens (including phenoxy) is 2. The second-order valence-electron chi connectivity index (χ2n) is 12.3. The standard InChI is InChI=1S/C36H50N4O5/c1-8-11-17-43-30-21-31(44-18-12-9-2)29(20-28(30)24(4)5)35-33(34(38-45-35)36(42)37-10-3)26-13-14-27-22-40(16-15-25(27)19-26)32(41)23-39(6)7/h13-14,19-21,24H,8-12,15-18,22-23H2,1-7H3,(H,37,42). The van der Waals surface area contributed by atoms with Crippen molar-refractivity contribution in [2.75, 3.05) is 46.9 Å². The third-order valence-electron chi connectivity index (χ3n) is 8.05. The predicted molar refractivity (Wildman–Crippen MR) is 178 cm³/mol. The van der Waals surface area contributed by atoms with Crippen LogP contribution in [0.4, 0.5) is 0 Å². The smallest absolute Gasteiger partial charge is 0.274 e. The van der Waals surface area contributed by atoms with Crippen molar-refractivity contribution in [3.63, 3.8) is 0 Å². The molecule has 0 unspecified atom stereocenters. The number of benzene rings is 2. The van der Waals surface area contributed by atoms with Crippen molar-refractivity contribution >= 4 is 11.8 Å². The maximum atomic E-state index is 13.3. The molecule has 1 N–H and O–H groups in total. The first-order valence-corrected chi connectivity index (χ1v) is 16.4. The van der Waals surface area contributed by atoms with Gasteiger partial charge in [-0.25, -0.2) is 0 Å². The molecule has 3 aromatic rings. The summed E-state index contributed by atoms with van der Waals surface area (Å²) < 4.78 is 18.7. The number of nitrogens with zero attached hydrogens (tertiary/aromatic N) is 3. The number of amides is 2. The Morgan fingerprint density at radius 3 is 2.36 bits per heavy atom. The molecule has 9 heteroatoms. The molecule has 0 saturated carbocycles. The van der Waals surface area contributed by atoms with Gasteiger partial charge in [0.2, 0.25) is 5.91 Å². The largest absolute Gasteiger partial charge is 0.493 e. The Labute approximate surface area is 268 Å². The Morgan fingerprint density at radius 1 is 1.00 bits per heavy atom. The van der Waals surface area contributed by atoms with Gasteiger partial charge in [0.1, 0.15) is 11.5 Å². The Bertz CT molecular complexity index is 1460. The number of likely N-dealkylation sites (N-methyl/N-ethyl adjacent to an activating group) is 1. The van der Waals surface area contributed by atoms with E-state index in [1.54, 1.807) is 0 Å². The number of rotatable bonds is 15. The number of aromatic nitrogens is 1. The molecule has 0 atom stereocenters. The van der Waals surface area contributed by atoms with Crippen molar-refractivity contribution in [2.24, 2.45) is 0 Å². The third kappa shape index (κ3) is 8.25. The summed E-state index contributed by atoms with van der Waals surface area (Å²) in [6, 6.07) is 10.2. The first-order valence-electron chi connectivity index (χ1n) is 16.4. The van der Waals surface area contributed by atoms with Crippen LogP contribution in [-0.2, 0) is 17.8 Å². The second kappa shape index (κ2) is 15.9. The molecule has 0 radical (unpaired) electrons. The SMILES string of the molecule is CCCCOc1cc(OCCCC)c(C(C)C)cc1-c1onc(C(=O)NCC)c1-c1ccc2c(c1)CCN(C(=O)CN(C)C)C2. The summed E-state index contributed by atoms with van der Waals surface area (Å²) >= 11 is 0. The Morgan fingerprint density at radius 2 is 1.71 bits per heavy atom. The molecule has 0 fully saturated rings. The van der Waals surface area contributed by atoms with Crippen LogP contribution in [0.2, 0.25) is 0 Å². The average Bonchev–Trinajstić information content (AvgIpc) is 3.45. The summed E-state index contributed by atoms with van der Waals surface area (Å²) in [6.45, 7) is 13.7. The topological polar surface area (TPSA) is 97.1 Å². The van der Waals surface area contributed by atoms with Crippen LogP contribution in [0.3, 0.4) is 0 Å². The molecule has 2 aromatic carbocycles. The Balaban J connectivity index is 1.83. The summed E-state index contributed by atoms with van der Waals surface area (Å²) in [5, 5.41) is 7.22. The van der Waals surface area contributed by atoms with Crippen molar-refractivity contribution in [3.05, 3.63) is 52.7 Å².